The number of nitrogens with zero attached hydrogens (tertiary/aromatic N) is 1. The lowest BCUT2D eigenvalue weighted by atomic mass is 10.1. The summed E-state index contributed by atoms with van der Waals surface area (Å²) >= 11 is 2.01. The predicted octanol–water partition coefficient (Wildman–Crippen LogP) is 4.24. The molecule has 0 fully saturated rings. The van der Waals surface area contributed by atoms with E-state index in [1.54, 1.807) is 31.4 Å². The van der Waals surface area contributed by atoms with E-state index < -0.39 is 5.82 Å². The first-order valence-corrected chi connectivity index (χ1v) is 7.86. The molecule has 0 saturated carbocycles. The van der Waals surface area contributed by atoms with Crippen molar-refractivity contribution in [1.82, 2.24) is 4.98 Å². The SMILES string of the molecule is COc1ccc2cc(NC(=O)c3cc(F)ccc3I)ccc2n1. The Morgan fingerprint density at radius 2 is 2.00 bits per heavy atom. The topological polar surface area (TPSA) is 51.2 Å². The van der Waals surface area contributed by atoms with Crippen LogP contribution < -0.4 is 10.1 Å². The zero-order valence-electron chi connectivity index (χ0n) is 12.1. The van der Waals surface area contributed by atoms with Crippen LogP contribution in [0.3, 0.4) is 0 Å². The first-order valence-electron chi connectivity index (χ1n) is 6.78. The minimum atomic E-state index is -0.439. The van der Waals surface area contributed by atoms with E-state index in [4.69, 9.17) is 4.74 Å². The minimum absolute atomic E-state index is 0.304. The molecule has 0 spiro atoms. The quantitative estimate of drug-likeness (QED) is 0.643. The van der Waals surface area contributed by atoms with Crippen molar-refractivity contribution in [3.63, 3.8) is 0 Å². The molecule has 6 heteroatoms. The van der Waals surface area contributed by atoms with Gasteiger partial charge in [0, 0.05) is 20.7 Å². The number of amides is 1. The van der Waals surface area contributed by atoms with Crippen molar-refractivity contribution in [3.05, 3.63) is 63.5 Å². The molecule has 4 nitrogen and oxygen atoms in total. The summed E-state index contributed by atoms with van der Waals surface area (Å²) < 4.78 is 19.1. The smallest absolute Gasteiger partial charge is 0.256 e. The Kier molecular flexibility index (Phi) is 4.42. The van der Waals surface area contributed by atoms with Crippen LogP contribution in [0.25, 0.3) is 10.9 Å². The molecule has 1 aromatic heterocycles. The van der Waals surface area contributed by atoms with Gasteiger partial charge >= 0.3 is 0 Å². The van der Waals surface area contributed by atoms with Gasteiger partial charge in [0.2, 0.25) is 5.88 Å². The average Bonchev–Trinajstić information content (AvgIpc) is 2.56. The molecule has 23 heavy (non-hydrogen) atoms. The van der Waals surface area contributed by atoms with Gasteiger partial charge in [0.1, 0.15) is 5.82 Å². The second kappa shape index (κ2) is 6.49. The van der Waals surface area contributed by atoms with E-state index in [1.807, 2.05) is 34.7 Å². The lowest BCUT2D eigenvalue weighted by Gasteiger charge is -2.08. The predicted molar refractivity (Wildman–Crippen MR) is 95.4 cm³/mol. The maximum Gasteiger partial charge on any atom is 0.256 e. The Bertz CT molecular complexity index is 899. The van der Waals surface area contributed by atoms with Gasteiger partial charge in [-0.05, 0) is 65.1 Å². The summed E-state index contributed by atoms with van der Waals surface area (Å²) in [5, 5.41) is 3.65. The summed E-state index contributed by atoms with van der Waals surface area (Å²) in [5.74, 6) is -0.260. The van der Waals surface area contributed by atoms with Crippen LogP contribution in [0, 0.1) is 9.39 Å². The highest BCUT2D eigenvalue weighted by molar-refractivity contribution is 14.1. The fourth-order valence-electron chi connectivity index (χ4n) is 2.17. The van der Waals surface area contributed by atoms with Crippen molar-refractivity contribution in [3.8, 4) is 5.88 Å². The highest BCUT2D eigenvalue weighted by atomic mass is 127. The standard InChI is InChI=1S/C17H12FIN2O2/c1-23-16-7-2-10-8-12(4-6-15(10)21-16)20-17(22)13-9-11(18)3-5-14(13)19/h2-9H,1H3,(H,20,22). The van der Waals surface area contributed by atoms with Gasteiger partial charge in [0.25, 0.3) is 5.91 Å². The van der Waals surface area contributed by atoms with Crippen molar-refractivity contribution in [1.29, 1.82) is 0 Å². The van der Waals surface area contributed by atoms with E-state index in [1.165, 1.54) is 12.1 Å². The number of nitrogens with one attached hydrogen (secondary N) is 1. The lowest BCUT2D eigenvalue weighted by Crippen LogP contribution is -2.13. The summed E-state index contributed by atoms with van der Waals surface area (Å²) in [6, 6.07) is 13.1. The number of pyridine rings is 1. The average molecular weight is 422 g/mol. The van der Waals surface area contributed by atoms with Crippen molar-refractivity contribution in [2.24, 2.45) is 0 Å². The summed E-state index contributed by atoms with van der Waals surface area (Å²) in [6.45, 7) is 0. The normalized spacial score (nSPS) is 10.6. The lowest BCUT2D eigenvalue weighted by molar-refractivity contribution is 0.102. The number of carbonyl (C=O) groups excluding carboxylic acids is 1. The highest BCUT2D eigenvalue weighted by Gasteiger charge is 2.12. The van der Waals surface area contributed by atoms with Crippen LogP contribution in [0.15, 0.2) is 48.5 Å². The molecule has 0 atom stereocenters. The van der Waals surface area contributed by atoms with Crippen LogP contribution in [0.2, 0.25) is 0 Å². The van der Waals surface area contributed by atoms with Crippen LogP contribution in [0.4, 0.5) is 10.1 Å². The first-order chi connectivity index (χ1) is 11.1. The Morgan fingerprint density at radius 3 is 2.78 bits per heavy atom. The van der Waals surface area contributed by atoms with E-state index >= 15 is 0 Å². The van der Waals surface area contributed by atoms with Crippen LogP contribution in [-0.2, 0) is 0 Å². The van der Waals surface area contributed by atoms with Gasteiger partial charge in [0.05, 0.1) is 18.2 Å². The summed E-state index contributed by atoms with van der Waals surface area (Å²) in [4.78, 5) is 16.6. The fourth-order valence-corrected chi connectivity index (χ4v) is 2.75. The maximum absolute atomic E-state index is 13.3. The zero-order valence-corrected chi connectivity index (χ0v) is 14.3. The van der Waals surface area contributed by atoms with Crippen LogP contribution in [0.5, 0.6) is 5.88 Å². The molecule has 0 bridgehead atoms. The van der Waals surface area contributed by atoms with Crippen LogP contribution >= 0.6 is 22.6 Å². The van der Waals surface area contributed by atoms with E-state index in [0.717, 1.165) is 10.9 Å². The molecule has 3 aromatic rings. The van der Waals surface area contributed by atoms with Crippen molar-refractivity contribution >= 4 is 45.1 Å². The number of methoxy groups -OCH3 is 1. The molecule has 1 heterocycles. The number of aromatic nitrogens is 1. The number of fused-ring (bicyclic) bond motifs is 1. The zero-order chi connectivity index (χ0) is 16.4. The molecular formula is C17H12FIN2O2. The number of hydrogen-bond acceptors (Lipinski definition) is 3. The van der Waals surface area contributed by atoms with E-state index in [2.05, 4.69) is 10.3 Å². The Morgan fingerprint density at radius 1 is 1.17 bits per heavy atom. The van der Waals surface area contributed by atoms with Crippen molar-refractivity contribution < 1.29 is 13.9 Å². The second-order valence-corrected chi connectivity index (χ2v) is 6.00. The largest absolute Gasteiger partial charge is 0.481 e. The third kappa shape index (κ3) is 3.42. The molecule has 0 aliphatic heterocycles. The van der Waals surface area contributed by atoms with E-state index in [9.17, 15) is 9.18 Å². The molecule has 2 aromatic carbocycles. The number of hydrogen-bond donors (Lipinski definition) is 1. The molecule has 0 saturated heterocycles. The van der Waals surface area contributed by atoms with Gasteiger partial charge in [-0.3, -0.25) is 4.79 Å². The highest BCUT2D eigenvalue weighted by Crippen LogP contribution is 2.22. The molecule has 0 aliphatic carbocycles. The van der Waals surface area contributed by atoms with Gasteiger partial charge in [-0.15, -0.1) is 0 Å². The molecule has 0 aliphatic rings. The van der Waals surface area contributed by atoms with Gasteiger partial charge in [-0.25, -0.2) is 9.37 Å². The Labute approximate surface area is 145 Å². The molecule has 3 rings (SSSR count). The van der Waals surface area contributed by atoms with Crippen molar-refractivity contribution in [2.75, 3.05) is 12.4 Å². The third-order valence-electron chi connectivity index (χ3n) is 3.30. The molecule has 1 N–H and O–H groups in total. The summed E-state index contributed by atoms with van der Waals surface area (Å²) in [7, 11) is 1.56. The molecular weight excluding hydrogens is 410 g/mol. The number of carbonyl (C=O) groups is 1. The third-order valence-corrected chi connectivity index (χ3v) is 4.24. The molecule has 0 radical (unpaired) electrons. The van der Waals surface area contributed by atoms with Crippen LogP contribution in [0.1, 0.15) is 10.4 Å². The van der Waals surface area contributed by atoms with Gasteiger partial charge in [0.15, 0.2) is 0 Å². The number of ether oxygens (including phenoxy) is 1. The van der Waals surface area contributed by atoms with Gasteiger partial charge < -0.3 is 10.1 Å². The molecule has 0 unspecified atom stereocenters. The fraction of sp³-hybridized carbons (Fsp3) is 0.0588. The molecule has 116 valence electrons. The van der Waals surface area contributed by atoms with Gasteiger partial charge in [-0.1, -0.05) is 0 Å². The number of rotatable bonds is 3. The second-order valence-electron chi connectivity index (χ2n) is 4.84. The summed E-state index contributed by atoms with van der Waals surface area (Å²) in [6.07, 6.45) is 0. The van der Waals surface area contributed by atoms with E-state index in [0.29, 0.717) is 20.7 Å². The Hall–Kier alpha value is -2.22. The number of benzene rings is 2. The van der Waals surface area contributed by atoms with Gasteiger partial charge in [-0.2, -0.15) is 0 Å². The Balaban J connectivity index is 1.89. The number of halogens is 2. The summed E-state index contributed by atoms with van der Waals surface area (Å²) in [5.41, 5.74) is 1.69. The monoisotopic (exact) mass is 422 g/mol. The minimum Gasteiger partial charge on any atom is -0.481 e. The number of anilines is 1. The maximum atomic E-state index is 13.3. The van der Waals surface area contributed by atoms with E-state index in [-0.39, 0.29) is 5.91 Å². The molecule has 1 amide bonds. The first kappa shape index (κ1) is 15.7. The van der Waals surface area contributed by atoms with Crippen molar-refractivity contribution in [2.45, 2.75) is 0 Å². The van der Waals surface area contributed by atoms with Crippen LogP contribution in [-0.4, -0.2) is 18.0 Å².